The third-order valence-corrected chi connectivity index (χ3v) is 6.49. The third kappa shape index (κ3) is 6.60. The molecule has 3 rings (SSSR count). The van der Waals surface area contributed by atoms with Crippen molar-refractivity contribution in [2.24, 2.45) is 0 Å². The molecule has 0 N–H and O–H groups in total. The summed E-state index contributed by atoms with van der Waals surface area (Å²) in [5, 5.41) is 0. The number of ether oxygens (including phenoxy) is 1. The lowest BCUT2D eigenvalue weighted by molar-refractivity contribution is -0.143. The number of anilines is 1. The molecule has 0 spiro atoms. The highest BCUT2D eigenvalue weighted by Crippen LogP contribution is 2.41. The molecular formula is C27H30F6N2O3. The molecule has 2 aromatic rings. The summed E-state index contributed by atoms with van der Waals surface area (Å²) in [5.41, 5.74) is -0.393. The second kappa shape index (κ2) is 10.9. The number of fused-ring (bicyclic) bond motifs is 1. The Balaban J connectivity index is 2.12. The normalized spacial score (nSPS) is 16.2. The zero-order chi connectivity index (χ0) is 28.6. The number of aryl methyl sites for hydroxylation is 2. The van der Waals surface area contributed by atoms with Gasteiger partial charge in [0.25, 0.3) is 0 Å². The topological polar surface area (TPSA) is 49.9 Å². The van der Waals surface area contributed by atoms with Crippen molar-refractivity contribution in [2.45, 2.75) is 78.5 Å². The Kier molecular flexibility index (Phi) is 8.38. The average molecular weight is 545 g/mol. The number of amides is 2. The second-order valence-corrected chi connectivity index (χ2v) is 9.80. The Hall–Kier alpha value is -3.24. The average Bonchev–Trinajstić information content (AvgIpc) is 2.95. The number of halogens is 6. The van der Waals surface area contributed by atoms with Gasteiger partial charge in [-0.05, 0) is 87.1 Å². The van der Waals surface area contributed by atoms with Crippen molar-refractivity contribution in [1.29, 1.82) is 0 Å². The molecule has 2 amide bonds. The Morgan fingerprint density at radius 3 is 2.03 bits per heavy atom. The second-order valence-electron chi connectivity index (χ2n) is 9.80. The van der Waals surface area contributed by atoms with E-state index >= 15 is 0 Å². The number of benzene rings is 2. The predicted octanol–water partition coefficient (Wildman–Crippen LogP) is 7.58. The van der Waals surface area contributed by atoms with Crippen molar-refractivity contribution >= 4 is 17.7 Å². The molecule has 0 bridgehead atoms. The summed E-state index contributed by atoms with van der Waals surface area (Å²) in [6.07, 6.45) is -10.2. The van der Waals surface area contributed by atoms with E-state index in [-0.39, 0.29) is 24.3 Å². The zero-order valence-corrected chi connectivity index (χ0v) is 21.8. The van der Waals surface area contributed by atoms with Crippen LogP contribution in [0.1, 0.15) is 73.0 Å². The van der Waals surface area contributed by atoms with Crippen LogP contribution in [0.4, 0.5) is 36.8 Å². The van der Waals surface area contributed by atoms with E-state index in [2.05, 4.69) is 0 Å². The SMILES string of the molecule is CC(=O)N(Cc1cc(C(F)(F)F)cc(C(F)(F)F)c1)[C@@H]1CCCN(C(=O)OC(C)C)c2cc(C)c(C)cc21. The zero-order valence-electron chi connectivity index (χ0n) is 21.8. The van der Waals surface area contributed by atoms with Crippen molar-refractivity contribution < 1.29 is 40.7 Å². The molecule has 208 valence electrons. The minimum atomic E-state index is -5.00. The maximum atomic E-state index is 13.4. The van der Waals surface area contributed by atoms with E-state index in [1.807, 2.05) is 13.8 Å². The minimum absolute atomic E-state index is 0.0624. The van der Waals surface area contributed by atoms with Crippen molar-refractivity contribution in [3.05, 3.63) is 63.7 Å². The summed E-state index contributed by atoms with van der Waals surface area (Å²) < 4.78 is 86.0. The van der Waals surface area contributed by atoms with Gasteiger partial charge in [0.2, 0.25) is 5.91 Å². The van der Waals surface area contributed by atoms with Crippen molar-refractivity contribution in [3.8, 4) is 0 Å². The van der Waals surface area contributed by atoms with Crippen LogP contribution in [-0.2, 0) is 28.4 Å². The molecule has 1 aliphatic heterocycles. The van der Waals surface area contributed by atoms with Gasteiger partial charge >= 0.3 is 18.4 Å². The van der Waals surface area contributed by atoms with Gasteiger partial charge in [0.05, 0.1) is 29.0 Å². The quantitative estimate of drug-likeness (QED) is 0.373. The molecule has 2 aromatic carbocycles. The molecule has 11 heteroatoms. The van der Waals surface area contributed by atoms with Crippen molar-refractivity contribution in [2.75, 3.05) is 11.4 Å². The van der Waals surface area contributed by atoms with Gasteiger partial charge < -0.3 is 9.64 Å². The van der Waals surface area contributed by atoms with E-state index in [1.54, 1.807) is 26.0 Å². The van der Waals surface area contributed by atoms with E-state index in [1.165, 1.54) is 16.7 Å². The predicted molar refractivity (Wildman–Crippen MR) is 130 cm³/mol. The monoisotopic (exact) mass is 544 g/mol. The Bertz CT molecular complexity index is 1170. The number of carbonyl (C=O) groups excluding carboxylic acids is 2. The van der Waals surface area contributed by atoms with Gasteiger partial charge in [-0.15, -0.1) is 0 Å². The summed E-state index contributed by atoms with van der Waals surface area (Å²) in [4.78, 5) is 28.4. The molecule has 0 fully saturated rings. The minimum Gasteiger partial charge on any atom is -0.446 e. The van der Waals surface area contributed by atoms with Crippen LogP contribution in [0.2, 0.25) is 0 Å². The van der Waals surface area contributed by atoms with E-state index < -0.39 is 48.1 Å². The maximum absolute atomic E-state index is 13.4. The van der Waals surface area contributed by atoms with Gasteiger partial charge in [-0.25, -0.2) is 4.79 Å². The summed E-state index contributed by atoms with van der Waals surface area (Å²) in [6, 6.07) is 4.23. The first-order chi connectivity index (χ1) is 17.5. The van der Waals surface area contributed by atoms with E-state index in [0.717, 1.165) is 11.1 Å². The van der Waals surface area contributed by atoms with Gasteiger partial charge in [0, 0.05) is 20.0 Å². The molecule has 5 nitrogen and oxygen atoms in total. The molecule has 1 aliphatic rings. The number of hydrogen-bond donors (Lipinski definition) is 0. The van der Waals surface area contributed by atoms with Gasteiger partial charge in [-0.1, -0.05) is 6.07 Å². The largest absolute Gasteiger partial charge is 0.446 e. The highest BCUT2D eigenvalue weighted by atomic mass is 19.4. The van der Waals surface area contributed by atoms with Gasteiger partial charge in [0.1, 0.15) is 0 Å². The van der Waals surface area contributed by atoms with Crippen LogP contribution < -0.4 is 4.90 Å². The van der Waals surface area contributed by atoms with Crippen LogP contribution in [0, 0.1) is 13.8 Å². The first-order valence-electron chi connectivity index (χ1n) is 12.1. The number of rotatable bonds is 4. The third-order valence-electron chi connectivity index (χ3n) is 6.49. The fourth-order valence-corrected chi connectivity index (χ4v) is 4.57. The molecule has 1 heterocycles. The lowest BCUT2D eigenvalue weighted by Crippen LogP contribution is -2.35. The van der Waals surface area contributed by atoms with Gasteiger partial charge in [-0.3, -0.25) is 9.69 Å². The lowest BCUT2D eigenvalue weighted by Gasteiger charge is -2.33. The summed E-state index contributed by atoms with van der Waals surface area (Å²) in [6.45, 7) is 8.12. The number of nitrogens with zero attached hydrogens (tertiary/aromatic N) is 2. The molecule has 0 aliphatic carbocycles. The Morgan fingerprint density at radius 1 is 0.974 bits per heavy atom. The van der Waals surface area contributed by atoms with Crippen LogP contribution in [-0.4, -0.2) is 29.5 Å². The van der Waals surface area contributed by atoms with Crippen LogP contribution in [0.15, 0.2) is 30.3 Å². The summed E-state index contributed by atoms with van der Waals surface area (Å²) in [7, 11) is 0. The molecule has 0 saturated carbocycles. The Labute approximate surface area is 217 Å². The highest BCUT2D eigenvalue weighted by Gasteiger charge is 2.38. The highest BCUT2D eigenvalue weighted by molar-refractivity contribution is 5.89. The molecule has 1 atom stereocenters. The number of hydrogen-bond acceptors (Lipinski definition) is 3. The van der Waals surface area contributed by atoms with E-state index in [4.69, 9.17) is 4.74 Å². The smallest absolute Gasteiger partial charge is 0.416 e. The Morgan fingerprint density at radius 2 is 1.53 bits per heavy atom. The molecular weight excluding hydrogens is 514 g/mol. The van der Waals surface area contributed by atoms with Crippen molar-refractivity contribution in [3.63, 3.8) is 0 Å². The van der Waals surface area contributed by atoms with E-state index in [0.29, 0.717) is 36.2 Å². The molecule has 0 unspecified atom stereocenters. The summed E-state index contributed by atoms with van der Waals surface area (Å²) >= 11 is 0. The van der Waals surface area contributed by atoms with Crippen LogP contribution >= 0.6 is 0 Å². The van der Waals surface area contributed by atoms with Gasteiger partial charge in [0.15, 0.2) is 0 Å². The molecule has 0 aromatic heterocycles. The van der Waals surface area contributed by atoms with Crippen LogP contribution in [0.25, 0.3) is 0 Å². The lowest BCUT2D eigenvalue weighted by atomic mass is 9.94. The van der Waals surface area contributed by atoms with Crippen LogP contribution in [0.3, 0.4) is 0 Å². The summed E-state index contributed by atoms with van der Waals surface area (Å²) in [5.74, 6) is -0.525. The van der Waals surface area contributed by atoms with E-state index in [9.17, 15) is 35.9 Å². The first kappa shape index (κ1) is 29.3. The fraction of sp³-hybridized carbons (Fsp3) is 0.481. The van der Waals surface area contributed by atoms with Gasteiger partial charge in [-0.2, -0.15) is 26.3 Å². The molecule has 0 saturated heterocycles. The maximum Gasteiger partial charge on any atom is 0.416 e. The molecule has 38 heavy (non-hydrogen) atoms. The number of alkyl halides is 6. The first-order valence-corrected chi connectivity index (χ1v) is 12.1. The van der Waals surface area contributed by atoms with Crippen molar-refractivity contribution in [1.82, 2.24) is 4.90 Å². The molecule has 0 radical (unpaired) electrons. The fourth-order valence-electron chi connectivity index (χ4n) is 4.57. The van der Waals surface area contributed by atoms with Crippen LogP contribution in [0.5, 0.6) is 0 Å². The standard InChI is InChI=1S/C27H30F6N2O3/c1-15(2)38-25(37)34-8-6-7-23(22-9-16(3)17(4)10-24(22)34)35(18(5)36)14-19-11-20(26(28,29)30)13-21(12-19)27(31,32)33/h9-13,15,23H,6-8,14H2,1-5H3/t23-/m1/s1. The number of carbonyl (C=O) groups is 2.